The van der Waals surface area contributed by atoms with Crippen molar-refractivity contribution in [2.45, 2.75) is 13.1 Å². The fraction of sp³-hybridized carbons (Fsp3) is 0.200. The maximum Gasteiger partial charge on any atom is 0.420 e. The number of aromatic nitrogens is 2. The third kappa shape index (κ3) is 2.73. The van der Waals surface area contributed by atoms with Gasteiger partial charge in [-0.2, -0.15) is 13.2 Å². The van der Waals surface area contributed by atoms with Crippen molar-refractivity contribution in [2.75, 3.05) is 6.61 Å². The number of pyridine rings is 1. The first-order valence-corrected chi connectivity index (χ1v) is 7.20. The summed E-state index contributed by atoms with van der Waals surface area (Å²) in [7, 11) is 0. The van der Waals surface area contributed by atoms with Crippen LogP contribution in [0.1, 0.15) is 23.0 Å². The number of ether oxygens (including phenoxy) is 1. The van der Waals surface area contributed by atoms with Crippen LogP contribution < -0.4 is 0 Å². The number of rotatable bonds is 3. The van der Waals surface area contributed by atoms with Crippen LogP contribution >= 0.6 is 11.6 Å². The number of carbonyl (C=O) groups is 1. The average Bonchev–Trinajstić information content (AvgIpc) is 3.14. The summed E-state index contributed by atoms with van der Waals surface area (Å²) in [5.41, 5.74) is -1.74. The van der Waals surface area contributed by atoms with Crippen LogP contribution in [0.15, 0.2) is 35.1 Å². The minimum absolute atomic E-state index is 0.0484. The highest BCUT2D eigenvalue weighted by Crippen LogP contribution is 2.37. The highest BCUT2D eigenvalue weighted by molar-refractivity contribution is 6.32. The lowest BCUT2D eigenvalue weighted by Crippen LogP contribution is -2.08. The van der Waals surface area contributed by atoms with Crippen molar-refractivity contribution in [3.8, 4) is 11.3 Å². The first-order chi connectivity index (χ1) is 11.3. The smallest absolute Gasteiger partial charge is 0.420 e. The van der Waals surface area contributed by atoms with Crippen molar-refractivity contribution < 1.29 is 27.1 Å². The minimum atomic E-state index is -4.69. The van der Waals surface area contributed by atoms with E-state index in [1.54, 1.807) is 13.0 Å². The lowest BCUT2D eigenvalue weighted by molar-refractivity contribution is -0.136. The van der Waals surface area contributed by atoms with Gasteiger partial charge in [-0.3, -0.25) is 4.40 Å². The van der Waals surface area contributed by atoms with Gasteiger partial charge in [0.1, 0.15) is 10.9 Å². The number of esters is 1. The van der Waals surface area contributed by atoms with Crippen molar-refractivity contribution in [3.63, 3.8) is 0 Å². The molecule has 0 amide bonds. The van der Waals surface area contributed by atoms with Gasteiger partial charge in [0, 0.05) is 11.8 Å². The van der Waals surface area contributed by atoms with E-state index < -0.39 is 23.4 Å². The molecule has 0 bridgehead atoms. The number of fused-ring (bicyclic) bond motifs is 1. The highest BCUT2D eigenvalue weighted by Gasteiger charge is 2.36. The van der Waals surface area contributed by atoms with Crippen LogP contribution in [0.2, 0.25) is 5.15 Å². The van der Waals surface area contributed by atoms with Gasteiger partial charge in [0.2, 0.25) is 0 Å². The van der Waals surface area contributed by atoms with Crippen molar-refractivity contribution in [1.82, 2.24) is 9.38 Å². The summed E-state index contributed by atoms with van der Waals surface area (Å²) in [5.74, 6) is -0.663. The number of alkyl halides is 3. The topological polar surface area (TPSA) is 56.7 Å². The number of hydrogen-bond donors (Lipinski definition) is 0. The van der Waals surface area contributed by atoms with Crippen LogP contribution in [-0.2, 0) is 10.9 Å². The van der Waals surface area contributed by atoms with Crippen molar-refractivity contribution in [3.05, 3.63) is 47.1 Å². The third-order valence-electron chi connectivity index (χ3n) is 3.24. The van der Waals surface area contributed by atoms with E-state index in [1.165, 1.54) is 18.5 Å². The zero-order valence-corrected chi connectivity index (χ0v) is 13.0. The van der Waals surface area contributed by atoms with Gasteiger partial charge in [-0.05, 0) is 25.1 Å². The fourth-order valence-corrected chi connectivity index (χ4v) is 2.48. The third-order valence-corrected chi connectivity index (χ3v) is 3.60. The Bertz CT molecular complexity index is 901. The van der Waals surface area contributed by atoms with Crippen LogP contribution in [0.5, 0.6) is 0 Å². The van der Waals surface area contributed by atoms with Gasteiger partial charge < -0.3 is 9.15 Å². The quantitative estimate of drug-likeness (QED) is 0.649. The summed E-state index contributed by atoms with van der Waals surface area (Å²) in [6.07, 6.45) is -2.03. The molecule has 3 aromatic rings. The van der Waals surface area contributed by atoms with Crippen LogP contribution in [0.3, 0.4) is 0 Å². The second-order valence-corrected chi connectivity index (χ2v) is 5.14. The number of nitrogens with zero attached hydrogens (tertiary/aromatic N) is 2. The Labute approximate surface area is 138 Å². The van der Waals surface area contributed by atoms with Gasteiger partial charge in [0.25, 0.3) is 0 Å². The Hall–Kier alpha value is -2.48. The van der Waals surface area contributed by atoms with Gasteiger partial charge >= 0.3 is 12.1 Å². The Morgan fingerprint density at radius 2 is 2.21 bits per heavy atom. The molecule has 0 aromatic carbocycles. The molecule has 0 unspecified atom stereocenters. The van der Waals surface area contributed by atoms with Gasteiger partial charge in [-0.15, -0.1) is 0 Å². The standard InChI is InChI=1S/C15H10ClF3N2O3/c1-2-23-14(22)11-12(16)21-7-8(10-4-3-5-24-10)6-9(13(21)20-11)15(17,18)19/h3-7H,2H2,1H3. The predicted molar refractivity (Wildman–Crippen MR) is 78.9 cm³/mol. The SMILES string of the molecule is CCOC(=O)c1nc2c(C(F)(F)F)cc(-c3ccco3)cn2c1Cl. The Morgan fingerprint density at radius 1 is 1.46 bits per heavy atom. The first-order valence-electron chi connectivity index (χ1n) is 6.82. The zero-order valence-electron chi connectivity index (χ0n) is 12.2. The summed E-state index contributed by atoms with van der Waals surface area (Å²) in [6, 6.07) is 3.96. The summed E-state index contributed by atoms with van der Waals surface area (Å²) < 4.78 is 51.1. The Balaban J connectivity index is 2.30. The molecule has 0 N–H and O–H groups in total. The molecular formula is C15H10ClF3N2O3. The van der Waals surface area contributed by atoms with Crippen LogP contribution in [0, 0.1) is 0 Å². The molecule has 24 heavy (non-hydrogen) atoms. The molecule has 0 aliphatic rings. The number of hydrogen-bond acceptors (Lipinski definition) is 4. The molecule has 0 spiro atoms. The second kappa shape index (κ2) is 5.86. The summed E-state index contributed by atoms with van der Waals surface area (Å²) in [5, 5.41) is -0.262. The Kier molecular flexibility index (Phi) is 4.00. The predicted octanol–water partition coefficient (Wildman–Crippen LogP) is 4.44. The molecule has 0 aliphatic carbocycles. The normalized spacial score (nSPS) is 11.9. The van der Waals surface area contributed by atoms with E-state index in [2.05, 4.69) is 4.98 Å². The fourth-order valence-electron chi connectivity index (χ4n) is 2.23. The van der Waals surface area contributed by atoms with Crippen molar-refractivity contribution in [2.24, 2.45) is 0 Å². The molecular weight excluding hydrogens is 349 g/mol. The molecule has 5 nitrogen and oxygen atoms in total. The largest absolute Gasteiger partial charge is 0.464 e. The first kappa shape index (κ1) is 16.4. The molecule has 3 heterocycles. The molecule has 0 atom stereocenters. The van der Waals surface area contributed by atoms with E-state index in [0.717, 1.165) is 10.5 Å². The summed E-state index contributed by atoms with van der Waals surface area (Å²) >= 11 is 6.04. The minimum Gasteiger partial charge on any atom is -0.464 e. The maximum absolute atomic E-state index is 13.4. The van der Waals surface area contributed by atoms with Crippen molar-refractivity contribution in [1.29, 1.82) is 0 Å². The van der Waals surface area contributed by atoms with Crippen LogP contribution in [0.4, 0.5) is 13.2 Å². The van der Waals surface area contributed by atoms with Crippen LogP contribution in [-0.4, -0.2) is 22.0 Å². The van der Waals surface area contributed by atoms with E-state index in [-0.39, 0.29) is 28.8 Å². The number of halogens is 4. The number of furan rings is 1. The highest BCUT2D eigenvalue weighted by atomic mass is 35.5. The van der Waals surface area contributed by atoms with E-state index in [1.807, 2.05) is 0 Å². The van der Waals surface area contributed by atoms with E-state index in [4.69, 9.17) is 20.8 Å². The molecule has 3 rings (SSSR count). The number of imidazole rings is 1. The second-order valence-electron chi connectivity index (χ2n) is 4.78. The number of carbonyl (C=O) groups excluding carboxylic acids is 1. The van der Waals surface area contributed by atoms with Gasteiger partial charge in [-0.25, -0.2) is 9.78 Å². The van der Waals surface area contributed by atoms with E-state index in [0.29, 0.717) is 0 Å². The van der Waals surface area contributed by atoms with Gasteiger partial charge in [0.05, 0.1) is 18.4 Å². The Morgan fingerprint density at radius 3 is 2.79 bits per heavy atom. The summed E-state index contributed by atoms with van der Waals surface area (Å²) in [6.45, 7) is 1.62. The van der Waals surface area contributed by atoms with Crippen LogP contribution in [0.25, 0.3) is 17.0 Å². The lowest BCUT2D eigenvalue weighted by Gasteiger charge is -2.10. The molecule has 9 heteroatoms. The monoisotopic (exact) mass is 358 g/mol. The van der Waals surface area contributed by atoms with Gasteiger partial charge in [0.15, 0.2) is 11.3 Å². The summed E-state index contributed by atoms with van der Waals surface area (Å²) in [4.78, 5) is 15.6. The van der Waals surface area contributed by atoms with E-state index in [9.17, 15) is 18.0 Å². The molecule has 0 aliphatic heterocycles. The van der Waals surface area contributed by atoms with E-state index >= 15 is 0 Å². The average molecular weight is 359 g/mol. The maximum atomic E-state index is 13.4. The van der Waals surface area contributed by atoms with Gasteiger partial charge in [-0.1, -0.05) is 11.6 Å². The molecule has 0 fully saturated rings. The molecule has 3 aromatic heterocycles. The zero-order chi connectivity index (χ0) is 17.5. The van der Waals surface area contributed by atoms with Crippen molar-refractivity contribution >= 4 is 23.2 Å². The molecule has 0 radical (unpaired) electrons. The molecule has 0 saturated heterocycles. The molecule has 0 saturated carbocycles. The molecule has 126 valence electrons. The lowest BCUT2D eigenvalue weighted by atomic mass is 10.1.